The Bertz CT molecular complexity index is 1050. The summed E-state index contributed by atoms with van der Waals surface area (Å²) in [6.45, 7) is 1.19. The van der Waals surface area contributed by atoms with E-state index in [2.05, 4.69) is 4.98 Å². The second-order valence-electron chi connectivity index (χ2n) is 6.57. The van der Waals surface area contributed by atoms with Crippen molar-refractivity contribution in [3.63, 3.8) is 0 Å². The Labute approximate surface area is 158 Å². The second kappa shape index (κ2) is 7.29. The molecule has 2 aromatic rings. The van der Waals surface area contributed by atoms with Crippen LogP contribution in [0, 0.1) is 6.92 Å². The SMILES string of the molecule is Cc1cn([C@H]2C[C@H]([18F])[C@@H](COP3(=O)OCc4ccccc4O3)O2)c(=O)[nH]c1=O. The lowest BCUT2D eigenvalue weighted by atomic mass is 10.2. The van der Waals surface area contributed by atoms with Crippen molar-refractivity contribution < 1.29 is 27.3 Å². The molecule has 0 saturated carbocycles. The number of benzene rings is 1. The average Bonchev–Trinajstić information content (AvgIpc) is 3.03. The summed E-state index contributed by atoms with van der Waals surface area (Å²) in [7, 11) is -3.90. The Balaban J connectivity index is 1.43. The van der Waals surface area contributed by atoms with Crippen LogP contribution < -0.4 is 15.8 Å². The van der Waals surface area contributed by atoms with Gasteiger partial charge in [0.1, 0.15) is 24.3 Å². The van der Waals surface area contributed by atoms with Gasteiger partial charge in [-0.3, -0.25) is 23.4 Å². The van der Waals surface area contributed by atoms with Crippen molar-refractivity contribution in [1.29, 1.82) is 0 Å². The largest absolute Gasteiger partial charge is 0.530 e. The standard InChI is InChI=1S/C17H18FN2O7P/c1-10-7-20(17(22)19-16(10)21)15-6-12(18)14(26-15)9-25-28(23)24-8-11-4-2-3-5-13(11)27-28/h2-5,7,12,14-15H,6,8-9H2,1H3,(H,19,21,22)/t12-,14+,15+,28?/m0/s1/i18-1. The summed E-state index contributed by atoms with van der Waals surface area (Å²) in [6, 6.07) is 6.92. The number of alkyl halides is 1. The van der Waals surface area contributed by atoms with Crippen molar-refractivity contribution >= 4 is 7.82 Å². The molecule has 1 unspecified atom stereocenters. The van der Waals surface area contributed by atoms with Gasteiger partial charge >= 0.3 is 13.5 Å². The lowest BCUT2D eigenvalue weighted by molar-refractivity contribution is -0.0370. The number of phosphoric acid groups is 1. The fraction of sp³-hybridized carbons (Fsp3) is 0.412. The Morgan fingerprint density at radius 2 is 2.14 bits per heavy atom. The molecule has 0 amide bonds. The molecule has 3 heterocycles. The predicted octanol–water partition coefficient (Wildman–Crippen LogP) is 2.20. The number of nitrogens with one attached hydrogen (secondary N) is 1. The fourth-order valence-corrected chi connectivity index (χ4v) is 4.27. The van der Waals surface area contributed by atoms with Gasteiger partial charge in [-0.25, -0.2) is 13.8 Å². The zero-order valence-corrected chi connectivity index (χ0v) is 15.8. The summed E-state index contributed by atoms with van der Waals surface area (Å²) in [6.07, 6.45) is -2.25. The zero-order chi connectivity index (χ0) is 19.9. The minimum absolute atomic E-state index is 0.0483. The van der Waals surface area contributed by atoms with E-state index >= 15 is 0 Å². The van der Waals surface area contributed by atoms with E-state index in [1.165, 1.54) is 13.1 Å². The smallest absolute Gasteiger partial charge is 0.404 e. The van der Waals surface area contributed by atoms with Crippen LogP contribution in [0.3, 0.4) is 0 Å². The minimum Gasteiger partial charge on any atom is -0.404 e. The molecule has 150 valence electrons. The van der Waals surface area contributed by atoms with Crippen molar-refractivity contribution in [2.45, 2.75) is 38.5 Å². The van der Waals surface area contributed by atoms with E-state index in [4.69, 9.17) is 18.3 Å². The van der Waals surface area contributed by atoms with Crippen molar-refractivity contribution in [3.05, 3.63) is 62.4 Å². The number of aromatic nitrogens is 2. The second-order valence-corrected chi connectivity index (χ2v) is 8.17. The van der Waals surface area contributed by atoms with E-state index < -0.39 is 37.6 Å². The normalized spacial score (nSPS) is 29.3. The molecular weight excluding hydrogens is 393 g/mol. The topological polar surface area (TPSA) is 109 Å². The van der Waals surface area contributed by atoms with Gasteiger partial charge in [0.2, 0.25) is 0 Å². The molecule has 4 rings (SSSR count). The number of H-pyrrole nitrogens is 1. The third-order valence-electron chi connectivity index (χ3n) is 4.58. The first kappa shape index (κ1) is 19.1. The van der Waals surface area contributed by atoms with Crippen LogP contribution in [0.4, 0.5) is 4.39 Å². The van der Waals surface area contributed by atoms with Gasteiger partial charge in [0, 0.05) is 23.7 Å². The fourth-order valence-electron chi connectivity index (χ4n) is 3.05. The highest BCUT2D eigenvalue weighted by Crippen LogP contribution is 2.54. The molecule has 2 aliphatic rings. The summed E-state index contributed by atoms with van der Waals surface area (Å²) in [4.78, 5) is 25.6. The van der Waals surface area contributed by atoms with E-state index in [9.17, 15) is 18.5 Å². The summed E-state index contributed by atoms with van der Waals surface area (Å²) in [5, 5.41) is 0. The molecule has 2 aliphatic heterocycles. The van der Waals surface area contributed by atoms with Gasteiger partial charge in [-0.05, 0) is 13.0 Å². The van der Waals surface area contributed by atoms with Gasteiger partial charge in [-0.1, -0.05) is 18.2 Å². The molecular formula is C17H18FN2O7P. The van der Waals surface area contributed by atoms with Gasteiger partial charge in [0.25, 0.3) is 5.56 Å². The number of para-hydroxylation sites is 1. The number of rotatable bonds is 4. The summed E-state index contributed by atoms with van der Waals surface area (Å²) < 4.78 is 49.4. The molecule has 0 radical (unpaired) electrons. The number of hydrogen-bond donors (Lipinski definition) is 1. The first-order valence-electron chi connectivity index (χ1n) is 8.63. The monoisotopic (exact) mass is 411 g/mol. The number of phosphoric ester groups is 1. The maximum Gasteiger partial charge on any atom is 0.530 e. The molecule has 4 atom stereocenters. The van der Waals surface area contributed by atoms with Gasteiger partial charge in [-0.2, -0.15) is 0 Å². The van der Waals surface area contributed by atoms with Crippen LogP contribution in [0.1, 0.15) is 23.8 Å². The highest BCUT2D eigenvalue weighted by atomic mass is 31.2. The van der Waals surface area contributed by atoms with Crippen LogP contribution in [-0.2, 0) is 25.0 Å². The van der Waals surface area contributed by atoms with Gasteiger partial charge in [0.15, 0.2) is 0 Å². The first-order valence-corrected chi connectivity index (χ1v) is 10.1. The number of aryl methyl sites for hydroxylation is 1. The highest BCUT2D eigenvalue weighted by molar-refractivity contribution is 7.49. The molecule has 1 saturated heterocycles. The van der Waals surface area contributed by atoms with Crippen LogP contribution in [0.5, 0.6) is 5.75 Å². The molecule has 1 aromatic heterocycles. The van der Waals surface area contributed by atoms with Crippen LogP contribution in [0.2, 0.25) is 0 Å². The molecule has 11 heteroatoms. The Hall–Kier alpha value is -2.26. The Morgan fingerprint density at radius 3 is 2.96 bits per heavy atom. The summed E-state index contributed by atoms with van der Waals surface area (Å²) in [5.41, 5.74) is -0.185. The molecule has 9 nitrogen and oxygen atoms in total. The average molecular weight is 411 g/mol. The van der Waals surface area contributed by atoms with Crippen LogP contribution in [0.15, 0.2) is 40.1 Å². The minimum atomic E-state index is -3.90. The summed E-state index contributed by atoms with van der Waals surface area (Å²) in [5.74, 6) is 0.384. The van der Waals surface area contributed by atoms with Crippen molar-refractivity contribution in [2.24, 2.45) is 0 Å². The maximum atomic E-state index is 14.4. The zero-order valence-electron chi connectivity index (χ0n) is 14.9. The lowest BCUT2D eigenvalue weighted by Crippen LogP contribution is -2.33. The van der Waals surface area contributed by atoms with Crippen molar-refractivity contribution in [2.75, 3.05) is 6.61 Å². The molecule has 1 N–H and O–H groups in total. The van der Waals surface area contributed by atoms with Gasteiger partial charge in [0.05, 0.1) is 13.2 Å². The third kappa shape index (κ3) is 3.68. The number of fused-ring (bicyclic) bond motifs is 1. The Kier molecular flexibility index (Phi) is 4.96. The predicted molar refractivity (Wildman–Crippen MR) is 94.9 cm³/mol. The molecule has 0 spiro atoms. The van der Waals surface area contributed by atoms with E-state index in [0.29, 0.717) is 11.3 Å². The van der Waals surface area contributed by atoms with Gasteiger partial charge in [-0.15, -0.1) is 0 Å². The maximum absolute atomic E-state index is 14.4. The van der Waals surface area contributed by atoms with Crippen LogP contribution >= 0.6 is 7.82 Å². The number of aromatic amines is 1. The number of nitrogens with zero attached hydrogens (tertiary/aromatic N) is 1. The molecule has 1 aromatic carbocycles. The quantitative estimate of drug-likeness (QED) is 0.769. The molecule has 0 aliphatic carbocycles. The van der Waals surface area contributed by atoms with Crippen molar-refractivity contribution in [3.8, 4) is 5.75 Å². The first-order chi connectivity index (χ1) is 13.3. The van der Waals surface area contributed by atoms with E-state index in [1.54, 1.807) is 24.3 Å². The third-order valence-corrected chi connectivity index (χ3v) is 5.91. The van der Waals surface area contributed by atoms with E-state index in [0.717, 1.165) is 10.1 Å². The lowest BCUT2D eigenvalue weighted by Gasteiger charge is -2.25. The van der Waals surface area contributed by atoms with Crippen molar-refractivity contribution in [1.82, 2.24) is 9.55 Å². The molecule has 1 fully saturated rings. The number of ether oxygens (including phenoxy) is 1. The highest BCUT2D eigenvalue weighted by Gasteiger charge is 2.41. The van der Waals surface area contributed by atoms with Crippen LogP contribution in [0.25, 0.3) is 0 Å². The number of halogens is 1. The van der Waals surface area contributed by atoms with Gasteiger partial charge < -0.3 is 9.26 Å². The summed E-state index contributed by atoms with van der Waals surface area (Å²) >= 11 is 0. The van der Waals surface area contributed by atoms with E-state index in [-0.39, 0.29) is 19.6 Å². The molecule has 0 bridgehead atoms. The number of hydrogen-bond acceptors (Lipinski definition) is 7. The van der Waals surface area contributed by atoms with Crippen LogP contribution in [-0.4, -0.2) is 28.4 Å². The Morgan fingerprint density at radius 1 is 1.36 bits per heavy atom. The molecule has 28 heavy (non-hydrogen) atoms. The van der Waals surface area contributed by atoms with E-state index in [1.807, 2.05) is 0 Å².